The Balaban J connectivity index is 1.81. The van der Waals surface area contributed by atoms with E-state index in [0.29, 0.717) is 30.8 Å². The first-order valence-corrected chi connectivity index (χ1v) is 6.07. The average molecular weight is 260 g/mol. The minimum Gasteiger partial charge on any atom is -0.377 e. The predicted octanol–water partition coefficient (Wildman–Crippen LogP) is 2.05. The number of hydrogen-bond donors (Lipinski definition) is 3. The molecule has 1 aromatic carbocycles. The van der Waals surface area contributed by atoms with Crippen LogP contribution in [0, 0.1) is 5.82 Å². The quantitative estimate of drug-likeness (QED) is 0.791. The Bertz CT molecular complexity index is 609. The molecule has 1 aliphatic rings. The Morgan fingerprint density at radius 3 is 3.05 bits per heavy atom. The summed E-state index contributed by atoms with van der Waals surface area (Å²) in [6.07, 6.45) is 2.63. The van der Waals surface area contributed by atoms with Crippen LogP contribution in [0.4, 0.5) is 15.8 Å². The first-order chi connectivity index (χ1) is 9.22. The molecule has 2 heterocycles. The fourth-order valence-corrected chi connectivity index (χ4v) is 2.11. The van der Waals surface area contributed by atoms with E-state index in [1.807, 2.05) is 6.07 Å². The first-order valence-electron chi connectivity index (χ1n) is 6.07. The molecule has 3 N–H and O–H groups in total. The van der Waals surface area contributed by atoms with Gasteiger partial charge in [0.2, 0.25) is 5.91 Å². The van der Waals surface area contributed by atoms with Crippen molar-refractivity contribution in [1.82, 2.24) is 10.2 Å². The maximum atomic E-state index is 13.9. The monoisotopic (exact) mass is 260 g/mol. The van der Waals surface area contributed by atoms with Crippen LogP contribution in [0.15, 0.2) is 24.4 Å². The number of hydrogen-bond acceptors (Lipinski definition) is 3. The van der Waals surface area contributed by atoms with Gasteiger partial charge in [-0.25, -0.2) is 4.39 Å². The van der Waals surface area contributed by atoms with Crippen molar-refractivity contribution in [3.63, 3.8) is 0 Å². The van der Waals surface area contributed by atoms with Crippen molar-refractivity contribution >= 4 is 17.3 Å². The maximum absolute atomic E-state index is 13.9. The predicted molar refractivity (Wildman–Crippen MR) is 69.3 cm³/mol. The minimum atomic E-state index is -0.311. The number of aromatic nitrogens is 2. The summed E-state index contributed by atoms with van der Waals surface area (Å²) in [5.74, 6) is -0.340. The molecule has 0 aliphatic carbocycles. The fourth-order valence-electron chi connectivity index (χ4n) is 2.11. The lowest BCUT2D eigenvalue weighted by atomic mass is 10.0. The van der Waals surface area contributed by atoms with Gasteiger partial charge < -0.3 is 10.6 Å². The normalized spacial score (nSPS) is 13.8. The summed E-state index contributed by atoms with van der Waals surface area (Å²) >= 11 is 0. The van der Waals surface area contributed by atoms with Crippen LogP contribution in [-0.4, -0.2) is 16.1 Å². The van der Waals surface area contributed by atoms with Crippen LogP contribution >= 0.6 is 0 Å². The number of rotatable bonds is 3. The van der Waals surface area contributed by atoms with Crippen LogP contribution in [0.3, 0.4) is 0 Å². The van der Waals surface area contributed by atoms with Crippen LogP contribution in [0.2, 0.25) is 0 Å². The topological polar surface area (TPSA) is 69.8 Å². The second kappa shape index (κ2) is 4.72. The summed E-state index contributed by atoms with van der Waals surface area (Å²) in [6, 6.07) is 4.92. The highest BCUT2D eigenvalue weighted by Crippen LogP contribution is 2.28. The molecule has 0 radical (unpaired) electrons. The Morgan fingerprint density at radius 2 is 2.26 bits per heavy atom. The molecule has 0 saturated heterocycles. The molecule has 1 aliphatic heterocycles. The van der Waals surface area contributed by atoms with Crippen molar-refractivity contribution < 1.29 is 9.18 Å². The van der Waals surface area contributed by atoms with E-state index in [2.05, 4.69) is 20.8 Å². The summed E-state index contributed by atoms with van der Waals surface area (Å²) in [6.45, 7) is 0.448. The van der Waals surface area contributed by atoms with Crippen molar-refractivity contribution in [3.8, 4) is 0 Å². The lowest BCUT2D eigenvalue weighted by Gasteiger charge is -2.18. The van der Waals surface area contributed by atoms with Gasteiger partial charge in [-0.1, -0.05) is 0 Å². The van der Waals surface area contributed by atoms with Gasteiger partial charge in [-0.15, -0.1) is 0 Å². The number of nitrogens with zero attached hydrogens (tertiary/aromatic N) is 1. The Morgan fingerprint density at radius 1 is 1.37 bits per heavy atom. The molecule has 1 amide bonds. The second-order valence-electron chi connectivity index (χ2n) is 4.47. The molecule has 5 nitrogen and oxygen atoms in total. The number of benzene rings is 1. The molecule has 3 rings (SSSR count). The van der Waals surface area contributed by atoms with E-state index < -0.39 is 0 Å². The number of carbonyl (C=O) groups is 1. The third-order valence-corrected chi connectivity index (χ3v) is 3.12. The number of amides is 1. The van der Waals surface area contributed by atoms with Gasteiger partial charge in [0.1, 0.15) is 5.82 Å². The molecule has 0 atom stereocenters. The third kappa shape index (κ3) is 2.42. The zero-order chi connectivity index (χ0) is 13.2. The maximum Gasteiger partial charge on any atom is 0.224 e. The number of fused-ring (bicyclic) bond motifs is 1. The SMILES string of the molecule is O=C1CCc2cc(F)c(NCc3ccn[nH]3)cc2N1. The molecular formula is C13H13FN4O. The number of carbonyl (C=O) groups excluding carboxylic acids is 1. The van der Waals surface area contributed by atoms with Gasteiger partial charge in [-0.05, 0) is 30.2 Å². The Kier molecular flexibility index (Phi) is 2.91. The summed E-state index contributed by atoms with van der Waals surface area (Å²) in [5.41, 5.74) is 2.76. The van der Waals surface area contributed by atoms with Crippen molar-refractivity contribution in [2.75, 3.05) is 10.6 Å². The Hall–Kier alpha value is -2.37. The van der Waals surface area contributed by atoms with E-state index in [0.717, 1.165) is 11.3 Å². The lowest BCUT2D eigenvalue weighted by Crippen LogP contribution is -2.19. The van der Waals surface area contributed by atoms with Crippen LogP contribution in [-0.2, 0) is 17.8 Å². The fraction of sp³-hybridized carbons (Fsp3) is 0.231. The Labute approximate surface area is 109 Å². The van der Waals surface area contributed by atoms with Crippen LogP contribution < -0.4 is 10.6 Å². The highest BCUT2D eigenvalue weighted by atomic mass is 19.1. The van der Waals surface area contributed by atoms with Crippen LogP contribution in [0.1, 0.15) is 17.7 Å². The van der Waals surface area contributed by atoms with E-state index in [-0.39, 0.29) is 11.7 Å². The van der Waals surface area contributed by atoms with Crippen molar-refractivity contribution in [2.45, 2.75) is 19.4 Å². The first kappa shape index (κ1) is 11.7. The summed E-state index contributed by atoms with van der Waals surface area (Å²) in [7, 11) is 0. The summed E-state index contributed by atoms with van der Waals surface area (Å²) in [4.78, 5) is 11.3. The largest absolute Gasteiger partial charge is 0.377 e. The molecule has 19 heavy (non-hydrogen) atoms. The van der Waals surface area contributed by atoms with E-state index in [1.54, 1.807) is 12.3 Å². The number of anilines is 2. The van der Waals surface area contributed by atoms with E-state index in [4.69, 9.17) is 0 Å². The molecule has 0 spiro atoms. The average Bonchev–Trinajstić information content (AvgIpc) is 2.90. The number of H-pyrrole nitrogens is 1. The summed E-state index contributed by atoms with van der Waals surface area (Å²) in [5, 5.41) is 12.4. The van der Waals surface area contributed by atoms with Gasteiger partial charge >= 0.3 is 0 Å². The molecule has 0 saturated carbocycles. The van der Waals surface area contributed by atoms with E-state index in [9.17, 15) is 9.18 Å². The van der Waals surface area contributed by atoms with Crippen molar-refractivity contribution in [3.05, 3.63) is 41.5 Å². The van der Waals surface area contributed by atoms with Crippen molar-refractivity contribution in [1.29, 1.82) is 0 Å². The molecule has 98 valence electrons. The number of nitrogens with one attached hydrogen (secondary N) is 3. The minimum absolute atomic E-state index is 0.0290. The van der Waals surface area contributed by atoms with Gasteiger partial charge in [0.15, 0.2) is 0 Å². The highest BCUT2D eigenvalue weighted by molar-refractivity contribution is 5.94. The molecular weight excluding hydrogens is 247 g/mol. The van der Waals surface area contributed by atoms with Gasteiger partial charge in [0, 0.05) is 18.3 Å². The number of aromatic amines is 1. The zero-order valence-electron chi connectivity index (χ0n) is 10.2. The highest BCUT2D eigenvalue weighted by Gasteiger charge is 2.17. The van der Waals surface area contributed by atoms with E-state index in [1.165, 1.54) is 6.07 Å². The summed E-state index contributed by atoms with van der Waals surface area (Å²) < 4.78 is 13.9. The molecule has 0 unspecified atom stereocenters. The van der Waals surface area contributed by atoms with Crippen molar-refractivity contribution in [2.24, 2.45) is 0 Å². The molecule has 0 bridgehead atoms. The molecule has 6 heteroatoms. The standard InChI is InChI=1S/C13H13FN4O/c14-10-5-8-1-2-13(19)17-11(8)6-12(10)15-7-9-3-4-16-18-9/h3-6,15H,1-2,7H2,(H,16,18)(H,17,19). The molecule has 2 aromatic rings. The third-order valence-electron chi connectivity index (χ3n) is 3.12. The second-order valence-corrected chi connectivity index (χ2v) is 4.47. The van der Waals surface area contributed by atoms with Gasteiger partial charge in [0.25, 0.3) is 0 Å². The zero-order valence-corrected chi connectivity index (χ0v) is 10.2. The lowest BCUT2D eigenvalue weighted by molar-refractivity contribution is -0.116. The number of aryl methyl sites for hydroxylation is 1. The smallest absolute Gasteiger partial charge is 0.224 e. The van der Waals surface area contributed by atoms with Gasteiger partial charge in [0.05, 0.1) is 17.9 Å². The number of halogens is 1. The van der Waals surface area contributed by atoms with Crippen LogP contribution in [0.25, 0.3) is 0 Å². The van der Waals surface area contributed by atoms with E-state index >= 15 is 0 Å². The molecule has 1 aromatic heterocycles. The van der Waals surface area contributed by atoms with Gasteiger partial charge in [-0.3, -0.25) is 9.89 Å². The van der Waals surface area contributed by atoms with Gasteiger partial charge in [-0.2, -0.15) is 5.10 Å². The van der Waals surface area contributed by atoms with Crippen LogP contribution in [0.5, 0.6) is 0 Å². The molecule has 0 fully saturated rings.